The Bertz CT molecular complexity index is 1980. The normalized spacial score (nSPS) is 14.3. The third kappa shape index (κ3) is 3.04. The third-order valence-corrected chi connectivity index (χ3v) is 12.2. The summed E-state index contributed by atoms with van der Waals surface area (Å²) in [6.07, 6.45) is 0. The molecule has 0 atom stereocenters. The van der Waals surface area contributed by atoms with Crippen molar-refractivity contribution in [3.8, 4) is 22.3 Å². The first-order valence-corrected chi connectivity index (χ1v) is 15.1. The van der Waals surface area contributed by atoms with Crippen LogP contribution >= 0.6 is 10.0 Å². The molecule has 1 nitrogen and oxygen atoms in total. The number of nitrogens with zero attached hydrogens (tertiary/aromatic N) is 1. The summed E-state index contributed by atoms with van der Waals surface area (Å²) >= 11 is 0. The lowest BCUT2D eigenvalue weighted by Crippen LogP contribution is -2.01. The van der Waals surface area contributed by atoms with Crippen LogP contribution < -0.4 is 0 Å². The number of fused-ring (bicyclic) bond motifs is 6. The zero-order valence-electron chi connectivity index (χ0n) is 21.7. The zero-order valence-corrected chi connectivity index (χ0v) is 22.5. The lowest BCUT2D eigenvalue weighted by molar-refractivity contribution is 1.01. The maximum Gasteiger partial charge on any atom is 0.0495 e. The predicted octanol–water partition coefficient (Wildman–Crippen LogP) is 10.3. The van der Waals surface area contributed by atoms with Gasteiger partial charge in [-0.25, -0.2) is 0 Å². The van der Waals surface area contributed by atoms with E-state index in [1.165, 1.54) is 63.6 Å². The van der Waals surface area contributed by atoms with E-state index in [0.717, 1.165) is 0 Å². The van der Waals surface area contributed by atoms with Gasteiger partial charge >= 0.3 is 0 Å². The summed E-state index contributed by atoms with van der Waals surface area (Å²) in [5.41, 5.74) is 7.79. The molecule has 8 rings (SSSR count). The molecule has 0 radical (unpaired) electrons. The van der Waals surface area contributed by atoms with Crippen molar-refractivity contribution in [1.82, 2.24) is 4.57 Å². The number of para-hydroxylation sites is 1. The number of benzene rings is 6. The van der Waals surface area contributed by atoms with E-state index in [1.54, 1.807) is 0 Å². The molecule has 0 fully saturated rings. The first-order chi connectivity index (χ1) is 19.3. The molecule has 39 heavy (non-hydrogen) atoms. The van der Waals surface area contributed by atoms with E-state index in [-0.39, 0.29) is 0 Å². The topological polar surface area (TPSA) is 4.93 Å². The molecule has 0 N–H and O–H groups in total. The highest BCUT2D eigenvalue weighted by molar-refractivity contribution is 8.34. The molecule has 0 aliphatic carbocycles. The van der Waals surface area contributed by atoms with Gasteiger partial charge in [-0.05, 0) is 70.8 Å². The summed E-state index contributed by atoms with van der Waals surface area (Å²) in [6.45, 7) is 0. The van der Waals surface area contributed by atoms with Crippen LogP contribution in [0.15, 0.2) is 165 Å². The van der Waals surface area contributed by atoms with Crippen LogP contribution in [-0.2, 0) is 7.05 Å². The minimum Gasteiger partial charge on any atom is -0.344 e. The van der Waals surface area contributed by atoms with E-state index in [1.807, 2.05) is 0 Å². The Hall–Kier alpha value is -4.53. The van der Waals surface area contributed by atoms with Crippen LogP contribution in [0, 0.1) is 0 Å². The fraction of sp³-hybridized carbons (Fsp3) is 0.0270. The van der Waals surface area contributed by atoms with E-state index in [2.05, 4.69) is 157 Å². The van der Waals surface area contributed by atoms with Crippen molar-refractivity contribution in [3.63, 3.8) is 0 Å². The Morgan fingerprint density at radius 2 is 1.05 bits per heavy atom. The van der Waals surface area contributed by atoms with Gasteiger partial charge in [-0.1, -0.05) is 97.1 Å². The number of hydrogen-bond acceptors (Lipinski definition) is 0. The summed E-state index contributed by atoms with van der Waals surface area (Å²) in [5.74, 6) is 0. The number of hydrogen-bond donors (Lipinski definition) is 0. The van der Waals surface area contributed by atoms with Crippen LogP contribution in [0.1, 0.15) is 0 Å². The number of rotatable bonds is 3. The number of aromatic nitrogens is 1. The summed E-state index contributed by atoms with van der Waals surface area (Å²) in [5, 5.41) is 2.63. The van der Waals surface area contributed by atoms with Gasteiger partial charge in [-0.2, -0.15) is 0 Å². The first kappa shape index (κ1) is 22.5. The Kier molecular flexibility index (Phi) is 4.89. The Labute approximate surface area is 230 Å². The average molecular weight is 518 g/mol. The highest BCUT2D eigenvalue weighted by atomic mass is 32.3. The molecule has 6 aromatic carbocycles. The van der Waals surface area contributed by atoms with Gasteiger partial charge in [-0.15, -0.1) is 10.0 Å². The van der Waals surface area contributed by atoms with Crippen LogP contribution in [-0.4, -0.2) is 4.57 Å². The molecule has 186 valence electrons. The van der Waals surface area contributed by atoms with Crippen molar-refractivity contribution in [1.29, 1.82) is 0 Å². The largest absolute Gasteiger partial charge is 0.344 e. The lowest BCUT2D eigenvalue weighted by Gasteiger charge is -2.39. The fourth-order valence-electron chi connectivity index (χ4n) is 6.58. The minimum atomic E-state index is -1.66. The third-order valence-electron chi connectivity index (χ3n) is 8.26. The maximum atomic E-state index is 2.50. The van der Waals surface area contributed by atoms with Crippen molar-refractivity contribution >= 4 is 31.8 Å². The zero-order chi connectivity index (χ0) is 26.0. The first-order valence-electron chi connectivity index (χ1n) is 13.4. The van der Waals surface area contributed by atoms with Crippen molar-refractivity contribution in [3.05, 3.63) is 146 Å². The smallest absolute Gasteiger partial charge is 0.0495 e. The predicted molar refractivity (Wildman–Crippen MR) is 165 cm³/mol. The highest BCUT2D eigenvalue weighted by Crippen LogP contribution is 2.80. The van der Waals surface area contributed by atoms with Gasteiger partial charge in [0.25, 0.3) is 0 Å². The Morgan fingerprint density at radius 1 is 0.462 bits per heavy atom. The molecular formula is C37H27NS. The van der Waals surface area contributed by atoms with Gasteiger partial charge in [0, 0.05) is 48.4 Å². The second-order valence-electron chi connectivity index (χ2n) is 10.2. The van der Waals surface area contributed by atoms with E-state index in [0.29, 0.717) is 0 Å². The van der Waals surface area contributed by atoms with E-state index in [4.69, 9.17) is 0 Å². The van der Waals surface area contributed by atoms with E-state index in [9.17, 15) is 0 Å². The van der Waals surface area contributed by atoms with Gasteiger partial charge in [0.05, 0.1) is 0 Å². The quantitative estimate of drug-likeness (QED) is 0.220. The molecule has 0 unspecified atom stereocenters. The van der Waals surface area contributed by atoms with Crippen molar-refractivity contribution in [2.45, 2.75) is 19.6 Å². The molecule has 0 amide bonds. The SMILES string of the molecule is Cn1c2ccccc2c2c(-c3ccc4c(c3)S(c3ccccc3)(c3ccccc3)c3ccccc3-4)cccc21. The van der Waals surface area contributed by atoms with Gasteiger partial charge in [0.15, 0.2) is 0 Å². The van der Waals surface area contributed by atoms with Crippen LogP contribution in [0.25, 0.3) is 44.1 Å². The fourth-order valence-corrected chi connectivity index (χ4v) is 10.8. The molecule has 2 heterocycles. The summed E-state index contributed by atoms with van der Waals surface area (Å²) in [7, 11) is 0.511. The van der Waals surface area contributed by atoms with Gasteiger partial charge in [-0.3, -0.25) is 0 Å². The second-order valence-corrected chi connectivity index (χ2v) is 13.3. The van der Waals surface area contributed by atoms with Crippen molar-refractivity contribution in [2.24, 2.45) is 7.05 Å². The van der Waals surface area contributed by atoms with Crippen LogP contribution in [0.3, 0.4) is 0 Å². The molecule has 1 aromatic heterocycles. The van der Waals surface area contributed by atoms with Crippen LogP contribution in [0.5, 0.6) is 0 Å². The molecule has 0 spiro atoms. The summed E-state index contributed by atoms with van der Waals surface area (Å²) in [6, 6.07) is 54.1. The molecular weight excluding hydrogens is 490 g/mol. The lowest BCUT2D eigenvalue weighted by atomic mass is 9.97. The highest BCUT2D eigenvalue weighted by Gasteiger charge is 2.41. The minimum absolute atomic E-state index is 1.27. The van der Waals surface area contributed by atoms with Crippen molar-refractivity contribution < 1.29 is 0 Å². The molecule has 0 bridgehead atoms. The Morgan fingerprint density at radius 3 is 1.82 bits per heavy atom. The van der Waals surface area contributed by atoms with Crippen LogP contribution in [0.2, 0.25) is 0 Å². The van der Waals surface area contributed by atoms with Gasteiger partial charge in [0.2, 0.25) is 0 Å². The molecule has 7 aromatic rings. The molecule has 1 aliphatic heterocycles. The second kappa shape index (κ2) is 8.49. The van der Waals surface area contributed by atoms with E-state index >= 15 is 0 Å². The van der Waals surface area contributed by atoms with Gasteiger partial charge in [0.1, 0.15) is 0 Å². The molecule has 0 saturated heterocycles. The summed E-state index contributed by atoms with van der Waals surface area (Å²) in [4.78, 5) is 5.61. The van der Waals surface area contributed by atoms with E-state index < -0.39 is 10.0 Å². The average Bonchev–Trinajstić information content (AvgIpc) is 3.48. The molecule has 2 heteroatoms. The summed E-state index contributed by atoms with van der Waals surface area (Å²) < 4.78 is 2.32. The van der Waals surface area contributed by atoms with Crippen molar-refractivity contribution in [2.75, 3.05) is 0 Å². The molecule has 1 aliphatic rings. The van der Waals surface area contributed by atoms with Gasteiger partial charge < -0.3 is 4.57 Å². The molecule has 0 saturated carbocycles. The number of aryl methyl sites for hydroxylation is 1. The maximum absolute atomic E-state index is 2.50. The Balaban J connectivity index is 1.49. The van der Waals surface area contributed by atoms with Crippen LogP contribution in [0.4, 0.5) is 0 Å². The monoisotopic (exact) mass is 517 g/mol. The standard InChI is InChI=1S/C37H27NS/c1-38-33-20-10-8-18-32(33)37-29(19-12-21-34(37)38)26-23-24-31-30-17-9-11-22-35(30)39(36(31)25-26,27-13-4-2-5-14-27)28-15-6-3-7-16-28/h2-25H,1H3.